The standard InChI is InChI=1S/C21H24N2O3/c1-16-12-19(22-26-16)13-23(2)14-20(24)15-25-21-10-8-18(9-11-21)17-6-4-3-5-7-17/h3-12,20,24H,13-15H2,1-2H3. The van der Waals surface area contributed by atoms with Crippen LogP contribution in [0.4, 0.5) is 0 Å². The second-order valence-electron chi connectivity index (χ2n) is 6.48. The third-order valence-corrected chi connectivity index (χ3v) is 4.03. The van der Waals surface area contributed by atoms with Crippen molar-refractivity contribution in [2.45, 2.75) is 19.6 Å². The van der Waals surface area contributed by atoms with Crippen LogP contribution in [0.5, 0.6) is 5.75 Å². The summed E-state index contributed by atoms with van der Waals surface area (Å²) < 4.78 is 10.8. The van der Waals surface area contributed by atoms with Gasteiger partial charge in [-0.05, 0) is 37.2 Å². The van der Waals surface area contributed by atoms with Crippen molar-refractivity contribution in [3.8, 4) is 16.9 Å². The van der Waals surface area contributed by atoms with E-state index in [4.69, 9.17) is 9.26 Å². The van der Waals surface area contributed by atoms with Crippen molar-refractivity contribution >= 4 is 0 Å². The minimum atomic E-state index is -0.582. The van der Waals surface area contributed by atoms with Crippen molar-refractivity contribution in [3.63, 3.8) is 0 Å². The molecule has 5 nitrogen and oxygen atoms in total. The van der Waals surface area contributed by atoms with Crippen LogP contribution in [0, 0.1) is 6.92 Å². The van der Waals surface area contributed by atoms with Gasteiger partial charge < -0.3 is 14.4 Å². The zero-order chi connectivity index (χ0) is 18.4. The van der Waals surface area contributed by atoms with Gasteiger partial charge in [0, 0.05) is 19.2 Å². The second-order valence-corrected chi connectivity index (χ2v) is 6.48. The van der Waals surface area contributed by atoms with Crippen LogP contribution in [0.2, 0.25) is 0 Å². The van der Waals surface area contributed by atoms with Crippen LogP contribution >= 0.6 is 0 Å². The van der Waals surface area contributed by atoms with E-state index in [-0.39, 0.29) is 6.61 Å². The predicted molar refractivity (Wildman–Crippen MR) is 101 cm³/mol. The highest BCUT2D eigenvalue weighted by atomic mass is 16.5. The van der Waals surface area contributed by atoms with Crippen molar-refractivity contribution in [2.75, 3.05) is 20.2 Å². The summed E-state index contributed by atoms with van der Waals surface area (Å²) >= 11 is 0. The first-order valence-electron chi connectivity index (χ1n) is 8.67. The first-order valence-corrected chi connectivity index (χ1v) is 8.67. The van der Waals surface area contributed by atoms with Gasteiger partial charge in [-0.2, -0.15) is 0 Å². The molecule has 0 bridgehead atoms. The van der Waals surface area contributed by atoms with Gasteiger partial charge in [0.05, 0.1) is 5.69 Å². The zero-order valence-electron chi connectivity index (χ0n) is 15.1. The van der Waals surface area contributed by atoms with E-state index in [2.05, 4.69) is 17.3 Å². The molecule has 136 valence electrons. The monoisotopic (exact) mass is 352 g/mol. The maximum atomic E-state index is 10.2. The number of aliphatic hydroxyl groups excluding tert-OH is 1. The Morgan fingerprint density at radius 3 is 2.42 bits per heavy atom. The molecule has 2 aromatic carbocycles. The van der Waals surface area contributed by atoms with E-state index in [1.165, 1.54) is 5.56 Å². The van der Waals surface area contributed by atoms with Gasteiger partial charge in [0.25, 0.3) is 0 Å². The molecular weight excluding hydrogens is 328 g/mol. The lowest BCUT2D eigenvalue weighted by atomic mass is 10.1. The lowest BCUT2D eigenvalue weighted by molar-refractivity contribution is 0.0738. The maximum absolute atomic E-state index is 10.2. The predicted octanol–water partition coefficient (Wildman–Crippen LogP) is 3.52. The lowest BCUT2D eigenvalue weighted by Gasteiger charge is -2.19. The van der Waals surface area contributed by atoms with Gasteiger partial charge in [0.2, 0.25) is 0 Å². The van der Waals surface area contributed by atoms with Crippen LogP contribution in [0.3, 0.4) is 0 Å². The smallest absolute Gasteiger partial charge is 0.133 e. The number of ether oxygens (including phenoxy) is 1. The molecule has 3 rings (SSSR count). The molecule has 5 heteroatoms. The Labute approximate surface area is 153 Å². The van der Waals surface area contributed by atoms with Gasteiger partial charge in [0.15, 0.2) is 0 Å². The summed E-state index contributed by atoms with van der Waals surface area (Å²) in [7, 11) is 1.93. The molecule has 0 fully saturated rings. The number of likely N-dealkylation sites (N-methyl/N-ethyl adjacent to an activating group) is 1. The highest BCUT2D eigenvalue weighted by molar-refractivity contribution is 5.63. The minimum absolute atomic E-state index is 0.243. The van der Waals surface area contributed by atoms with Crippen LogP contribution in [0.25, 0.3) is 11.1 Å². The molecule has 0 amide bonds. The Morgan fingerprint density at radius 2 is 1.77 bits per heavy atom. The third kappa shape index (κ3) is 5.18. The average molecular weight is 352 g/mol. The largest absolute Gasteiger partial charge is 0.491 e. The number of aryl methyl sites for hydroxylation is 1. The Balaban J connectivity index is 1.46. The average Bonchev–Trinajstić information content (AvgIpc) is 3.05. The molecule has 0 saturated carbocycles. The molecule has 3 aromatic rings. The normalized spacial score (nSPS) is 12.3. The fraction of sp³-hybridized carbons (Fsp3) is 0.286. The van der Waals surface area contributed by atoms with Gasteiger partial charge in [-0.1, -0.05) is 47.6 Å². The highest BCUT2D eigenvalue weighted by Gasteiger charge is 2.11. The Hall–Kier alpha value is -2.63. The second kappa shape index (κ2) is 8.65. The molecule has 1 atom stereocenters. The molecule has 1 N–H and O–H groups in total. The molecule has 26 heavy (non-hydrogen) atoms. The number of rotatable bonds is 8. The summed E-state index contributed by atoms with van der Waals surface area (Å²) in [4.78, 5) is 1.99. The van der Waals surface area contributed by atoms with Crippen molar-refractivity contribution in [3.05, 3.63) is 72.1 Å². The summed E-state index contributed by atoms with van der Waals surface area (Å²) in [6, 6.07) is 20.0. The van der Waals surface area contributed by atoms with Crippen molar-refractivity contribution < 1.29 is 14.4 Å². The summed E-state index contributed by atoms with van der Waals surface area (Å²) in [5.74, 6) is 1.54. The van der Waals surface area contributed by atoms with Crippen LogP contribution in [-0.4, -0.2) is 41.5 Å². The maximum Gasteiger partial charge on any atom is 0.133 e. The number of aliphatic hydroxyl groups is 1. The molecule has 0 spiro atoms. The number of benzene rings is 2. The summed E-state index contributed by atoms with van der Waals surface area (Å²) in [6.07, 6.45) is -0.582. The van der Waals surface area contributed by atoms with Gasteiger partial charge in [-0.3, -0.25) is 4.90 Å². The summed E-state index contributed by atoms with van der Waals surface area (Å²) in [6.45, 7) is 3.23. The highest BCUT2D eigenvalue weighted by Crippen LogP contribution is 2.22. The minimum Gasteiger partial charge on any atom is -0.491 e. The molecule has 0 radical (unpaired) electrons. The van der Waals surface area contributed by atoms with Crippen LogP contribution in [-0.2, 0) is 6.54 Å². The molecule has 1 unspecified atom stereocenters. The van der Waals surface area contributed by atoms with Crippen molar-refractivity contribution in [2.24, 2.45) is 0 Å². The van der Waals surface area contributed by atoms with E-state index >= 15 is 0 Å². The molecule has 0 saturated heterocycles. The van der Waals surface area contributed by atoms with Gasteiger partial charge in [-0.15, -0.1) is 0 Å². The van der Waals surface area contributed by atoms with E-state index in [0.29, 0.717) is 13.1 Å². The molecular formula is C21H24N2O3. The SMILES string of the molecule is Cc1cc(CN(C)CC(O)COc2ccc(-c3ccccc3)cc2)no1. The Bertz CT molecular complexity index is 800. The number of hydrogen-bond acceptors (Lipinski definition) is 5. The van der Waals surface area contributed by atoms with E-state index in [1.807, 2.05) is 67.4 Å². The van der Waals surface area contributed by atoms with E-state index in [1.54, 1.807) is 0 Å². The fourth-order valence-electron chi connectivity index (χ4n) is 2.81. The topological polar surface area (TPSA) is 58.7 Å². The van der Waals surface area contributed by atoms with Gasteiger partial charge in [0.1, 0.15) is 24.2 Å². The van der Waals surface area contributed by atoms with Gasteiger partial charge >= 0.3 is 0 Å². The zero-order valence-corrected chi connectivity index (χ0v) is 15.1. The molecule has 1 aromatic heterocycles. The van der Waals surface area contributed by atoms with Crippen LogP contribution < -0.4 is 4.74 Å². The Kier molecular flexibility index (Phi) is 6.04. The third-order valence-electron chi connectivity index (χ3n) is 4.03. The van der Waals surface area contributed by atoms with Crippen LogP contribution in [0.15, 0.2) is 65.2 Å². The quantitative estimate of drug-likeness (QED) is 0.672. The number of nitrogens with zero attached hydrogens (tertiary/aromatic N) is 2. The molecule has 1 heterocycles. The summed E-state index contributed by atoms with van der Waals surface area (Å²) in [5.41, 5.74) is 3.17. The van der Waals surface area contributed by atoms with E-state index < -0.39 is 6.10 Å². The number of aromatic nitrogens is 1. The van der Waals surface area contributed by atoms with Crippen molar-refractivity contribution in [1.29, 1.82) is 0 Å². The van der Waals surface area contributed by atoms with Crippen molar-refractivity contribution in [1.82, 2.24) is 10.1 Å². The van der Waals surface area contributed by atoms with E-state index in [9.17, 15) is 5.11 Å². The van der Waals surface area contributed by atoms with Crippen LogP contribution in [0.1, 0.15) is 11.5 Å². The first kappa shape index (κ1) is 18.2. The molecule has 0 aliphatic heterocycles. The molecule has 0 aliphatic rings. The fourth-order valence-corrected chi connectivity index (χ4v) is 2.81. The van der Waals surface area contributed by atoms with E-state index in [0.717, 1.165) is 22.8 Å². The lowest BCUT2D eigenvalue weighted by Crippen LogP contribution is -2.32. The van der Waals surface area contributed by atoms with Gasteiger partial charge in [-0.25, -0.2) is 0 Å². The number of hydrogen-bond donors (Lipinski definition) is 1. The molecule has 0 aliphatic carbocycles. The first-order chi connectivity index (χ1) is 12.6. The Morgan fingerprint density at radius 1 is 1.08 bits per heavy atom. The summed E-state index contributed by atoms with van der Waals surface area (Å²) in [5, 5.41) is 14.1.